The number of hydrogen-bond acceptors (Lipinski definition) is 9. The Labute approximate surface area is 365 Å². The number of nitrogens with zero attached hydrogens (tertiary/aromatic N) is 5. The van der Waals surface area contributed by atoms with Crippen LogP contribution in [-0.4, -0.2) is 80.6 Å². The molecule has 342 valence electrons. The molecule has 0 amide bonds. The lowest BCUT2D eigenvalue weighted by molar-refractivity contribution is -0.276. The summed E-state index contributed by atoms with van der Waals surface area (Å²) in [5.74, 6) is 0.520. The first-order valence-electron chi connectivity index (χ1n) is 22.7. The summed E-state index contributed by atoms with van der Waals surface area (Å²) < 4.78 is 51.1. The first-order chi connectivity index (χ1) is 28.7. The third-order valence-corrected chi connectivity index (χ3v) is 17.3. The van der Waals surface area contributed by atoms with Gasteiger partial charge in [-0.3, -0.25) is 14.4 Å². The Bertz CT molecular complexity index is 2110. The van der Waals surface area contributed by atoms with Crippen molar-refractivity contribution < 1.29 is 42.1 Å². The maximum Gasteiger partial charge on any atom is 0.574 e. The quantitative estimate of drug-likeness (QED) is 0.205. The number of ether oxygens (including phenoxy) is 2. The summed E-state index contributed by atoms with van der Waals surface area (Å²) in [5.41, 5.74) is 0.861. The fourth-order valence-corrected chi connectivity index (χ4v) is 14.0. The number of carbonyl (C=O) groups is 3. The van der Waals surface area contributed by atoms with Crippen LogP contribution in [0.5, 0.6) is 5.88 Å². The van der Waals surface area contributed by atoms with Crippen LogP contribution in [0.15, 0.2) is 29.5 Å². The van der Waals surface area contributed by atoms with Crippen LogP contribution in [0, 0.1) is 56.2 Å². The Morgan fingerprint density at radius 1 is 0.952 bits per heavy atom. The lowest BCUT2D eigenvalue weighted by Gasteiger charge is -2.72. The van der Waals surface area contributed by atoms with E-state index in [0.29, 0.717) is 49.2 Å². The second kappa shape index (κ2) is 15.7. The first-order valence-corrected chi connectivity index (χ1v) is 22.7. The Hall–Kier alpha value is -3.81. The van der Waals surface area contributed by atoms with Gasteiger partial charge in [0.15, 0.2) is 11.6 Å². The first kappa shape index (κ1) is 46.2. The van der Waals surface area contributed by atoms with Crippen molar-refractivity contribution in [1.29, 1.82) is 0 Å². The van der Waals surface area contributed by atoms with Crippen molar-refractivity contribution in [1.82, 2.24) is 24.6 Å². The Morgan fingerprint density at radius 2 is 1.66 bits per heavy atom. The fraction of sp³-hybridized carbons (Fsp3) is 0.750. The maximum absolute atomic E-state index is 14.4. The van der Waals surface area contributed by atoms with Crippen LogP contribution in [0.1, 0.15) is 132 Å². The SMILES string of the molecule is CC(C)C1=C2[C@H]3CC[C@@H]4[C@@]5(C)CC[C@H](OC(=O)CC(C)(C)C(=O)O)C(C)(C)[C@@H]5CC[C@@]4(C)[C@]3(C)CC[C@@]2(Cc2nnc(-c3ccc(OC(F)(F)F)nc3)n2CCN(C)C)CC1=O. The van der Waals surface area contributed by atoms with Crippen LogP contribution in [0.2, 0.25) is 0 Å². The molecule has 62 heavy (non-hydrogen) atoms. The summed E-state index contributed by atoms with van der Waals surface area (Å²) in [7, 11) is 3.97. The number of aromatic nitrogens is 4. The minimum Gasteiger partial charge on any atom is -0.481 e. The maximum atomic E-state index is 14.4. The monoisotopic (exact) mass is 868 g/mol. The number of ketones is 1. The Balaban J connectivity index is 1.20. The molecule has 5 aliphatic carbocycles. The molecule has 0 aromatic carbocycles. The molecule has 2 aromatic heterocycles. The molecular formula is C48H68F3N5O6. The van der Waals surface area contributed by atoms with E-state index in [1.54, 1.807) is 13.8 Å². The zero-order chi connectivity index (χ0) is 45.6. The third-order valence-electron chi connectivity index (χ3n) is 17.3. The number of halogens is 3. The van der Waals surface area contributed by atoms with E-state index in [1.807, 2.05) is 14.1 Å². The molecule has 5 aliphatic rings. The number of allylic oxidation sites excluding steroid dienone is 2. The normalized spacial score (nSPS) is 33.2. The standard InChI is InChI=1S/C48H68F3N5O6/c1-28(2)38-31(57)24-47(25-35-53-54-40(56(35)23-22-55(10)11)29-12-15-36(52-27-29)62-48(49,50)51)21-20-45(8)30(39(38)47)13-14-33-44(7)18-17-34(61-37(58)26-42(3,4)41(59)60)43(5,6)32(44)16-19-46(33,45)9/h12,15,27-28,30,32-34H,13-14,16-26H2,1-11H3,(H,59,60)/t30-,32+,33-,34+,44+,45-,46-,47+/m1/s1. The Kier molecular flexibility index (Phi) is 11.7. The predicted octanol–water partition coefficient (Wildman–Crippen LogP) is 9.74. The highest BCUT2D eigenvalue weighted by atomic mass is 19.4. The van der Waals surface area contributed by atoms with E-state index in [1.165, 1.54) is 23.9 Å². The van der Waals surface area contributed by atoms with Crippen LogP contribution in [0.4, 0.5) is 13.2 Å². The summed E-state index contributed by atoms with van der Waals surface area (Å²) >= 11 is 0. The van der Waals surface area contributed by atoms with E-state index >= 15 is 0 Å². The van der Waals surface area contributed by atoms with E-state index in [9.17, 15) is 32.7 Å². The minimum atomic E-state index is -4.85. The molecule has 4 saturated carbocycles. The molecule has 4 fully saturated rings. The number of alkyl halides is 3. The molecule has 0 bridgehead atoms. The van der Waals surface area contributed by atoms with Crippen LogP contribution in [0.25, 0.3) is 11.4 Å². The summed E-state index contributed by atoms with van der Waals surface area (Å²) in [6.45, 7) is 20.7. The van der Waals surface area contributed by atoms with Gasteiger partial charge in [0.1, 0.15) is 11.9 Å². The lowest BCUT2D eigenvalue weighted by Crippen LogP contribution is -2.65. The van der Waals surface area contributed by atoms with Crippen molar-refractivity contribution in [2.45, 2.75) is 152 Å². The molecule has 0 spiro atoms. The van der Waals surface area contributed by atoms with E-state index in [2.05, 4.69) is 72.8 Å². The number of fused-ring (bicyclic) bond motifs is 7. The molecule has 1 N–H and O–H groups in total. The summed E-state index contributed by atoms with van der Waals surface area (Å²) in [6, 6.07) is 2.72. The number of carboxylic acid groups (broad SMARTS) is 1. The van der Waals surface area contributed by atoms with E-state index < -0.39 is 35.0 Å². The van der Waals surface area contributed by atoms with Gasteiger partial charge in [-0.25, -0.2) is 4.98 Å². The van der Waals surface area contributed by atoms with Crippen molar-refractivity contribution in [2.24, 2.45) is 56.2 Å². The van der Waals surface area contributed by atoms with Crippen molar-refractivity contribution in [3.63, 3.8) is 0 Å². The highest BCUT2D eigenvalue weighted by Gasteiger charge is 2.70. The van der Waals surface area contributed by atoms with Crippen LogP contribution >= 0.6 is 0 Å². The van der Waals surface area contributed by atoms with Gasteiger partial charge in [0.25, 0.3) is 0 Å². The van der Waals surface area contributed by atoms with E-state index in [4.69, 9.17) is 9.84 Å². The second-order valence-electron chi connectivity index (χ2n) is 22.2. The number of rotatable bonds is 12. The zero-order valence-corrected chi connectivity index (χ0v) is 38.7. The highest BCUT2D eigenvalue weighted by Crippen LogP contribution is 2.77. The molecule has 0 aliphatic heterocycles. The van der Waals surface area contributed by atoms with Gasteiger partial charge in [-0.1, -0.05) is 54.0 Å². The van der Waals surface area contributed by atoms with Gasteiger partial charge in [0.05, 0.1) is 11.8 Å². The van der Waals surface area contributed by atoms with Crippen LogP contribution in [0.3, 0.4) is 0 Å². The third kappa shape index (κ3) is 7.69. The number of hydrogen-bond donors (Lipinski definition) is 1. The van der Waals surface area contributed by atoms with E-state index in [-0.39, 0.29) is 51.8 Å². The molecule has 2 aromatic rings. The molecule has 0 saturated heterocycles. The van der Waals surface area contributed by atoms with Gasteiger partial charge in [-0.05, 0) is 131 Å². The molecular weight excluding hydrogens is 800 g/mol. The average molecular weight is 868 g/mol. The lowest BCUT2D eigenvalue weighted by atomic mass is 9.33. The van der Waals surface area contributed by atoms with Crippen molar-refractivity contribution >= 4 is 17.7 Å². The molecule has 11 nitrogen and oxygen atoms in total. The predicted molar refractivity (Wildman–Crippen MR) is 228 cm³/mol. The largest absolute Gasteiger partial charge is 0.574 e. The smallest absolute Gasteiger partial charge is 0.481 e. The number of aliphatic carboxylic acids is 1. The number of carbonyl (C=O) groups excluding carboxylic acids is 2. The molecule has 8 atom stereocenters. The van der Waals surface area contributed by atoms with Gasteiger partial charge in [-0.15, -0.1) is 23.4 Å². The Morgan fingerprint density at radius 3 is 2.27 bits per heavy atom. The van der Waals surface area contributed by atoms with Gasteiger partial charge >= 0.3 is 18.3 Å². The summed E-state index contributed by atoms with van der Waals surface area (Å²) in [5, 5.41) is 19.1. The van der Waals surface area contributed by atoms with Crippen molar-refractivity contribution in [3.05, 3.63) is 35.3 Å². The number of likely N-dealkylation sites (N-methyl/N-ethyl adjacent to an activating group) is 1. The summed E-state index contributed by atoms with van der Waals surface area (Å²) in [6.07, 6.45) is 4.56. The molecule has 0 unspecified atom stereocenters. The average Bonchev–Trinajstić information content (AvgIpc) is 3.68. The topological polar surface area (TPSA) is 137 Å². The number of carboxylic acids is 1. The summed E-state index contributed by atoms with van der Waals surface area (Å²) in [4.78, 5) is 45.4. The van der Waals surface area contributed by atoms with Gasteiger partial charge in [0.2, 0.25) is 5.88 Å². The number of esters is 1. The molecule has 7 rings (SSSR count). The van der Waals surface area contributed by atoms with Crippen LogP contribution < -0.4 is 4.74 Å². The van der Waals surface area contributed by atoms with Crippen LogP contribution in [-0.2, 0) is 32.1 Å². The zero-order valence-electron chi connectivity index (χ0n) is 38.7. The molecule has 2 heterocycles. The fourth-order valence-electron chi connectivity index (χ4n) is 14.0. The van der Waals surface area contributed by atoms with Crippen molar-refractivity contribution in [3.8, 4) is 17.3 Å². The van der Waals surface area contributed by atoms with Gasteiger partial charge < -0.3 is 24.0 Å². The van der Waals surface area contributed by atoms with Crippen molar-refractivity contribution in [2.75, 3.05) is 20.6 Å². The number of pyridine rings is 1. The number of Topliss-reactive ketones (excluding diaryl/α,β-unsaturated/α-hetero) is 1. The molecule has 0 radical (unpaired) electrons. The van der Waals surface area contributed by atoms with E-state index in [0.717, 1.165) is 62.8 Å². The van der Waals surface area contributed by atoms with Gasteiger partial charge in [-0.2, -0.15) is 0 Å². The molecule has 14 heteroatoms. The second-order valence-corrected chi connectivity index (χ2v) is 22.2. The highest BCUT2D eigenvalue weighted by molar-refractivity contribution is 6.00. The van der Waals surface area contributed by atoms with Gasteiger partial charge in [0, 0.05) is 54.6 Å². The minimum absolute atomic E-state index is 0.00689.